The number of para-hydroxylation sites is 1. The van der Waals surface area contributed by atoms with Gasteiger partial charge < -0.3 is 15.7 Å². The largest absolute Gasteiger partial charge is 0.478 e. The number of carboxylic acid groups (broad SMARTS) is 1. The van der Waals surface area contributed by atoms with E-state index in [4.69, 9.17) is 10.8 Å². The van der Waals surface area contributed by atoms with Crippen LogP contribution in [0.3, 0.4) is 0 Å². The zero-order valence-corrected chi connectivity index (χ0v) is 13.5. The maximum absolute atomic E-state index is 11.0. The van der Waals surface area contributed by atoms with Crippen LogP contribution in [0.4, 0.5) is 11.8 Å². The van der Waals surface area contributed by atoms with Gasteiger partial charge in [0.1, 0.15) is 5.82 Å². The number of carboxylic acids is 1. The van der Waals surface area contributed by atoms with Gasteiger partial charge in [-0.2, -0.15) is 10.1 Å². The van der Waals surface area contributed by atoms with Crippen molar-refractivity contribution < 1.29 is 9.90 Å². The molecule has 0 aliphatic carbocycles. The van der Waals surface area contributed by atoms with Gasteiger partial charge in [0, 0.05) is 24.7 Å². The van der Waals surface area contributed by atoms with Crippen LogP contribution in [0.1, 0.15) is 29.2 Å². The fraction of sp³-hybridized carbons (Fsp3) is 0.294. The molecule has 0 spiro atoms. The molecule has 0 radical (unpaired) electrons. The Morgan fingerprint density at radius 2 is 1.96 bits per heavy atom. The molecule has 128 valence electrons. The number of fused-ring (bicyclic) bond motifs is 1. The zero-order valence-electron chi connectivity index (χ0n) is 13.5. The van der Waals surface area contributed by atoms with Crippen molar-refractivity contribution in [3.63, 3.8) is 0 Å². The highest BCUT2D eigenvalue weighted by atomic mass is 16.4. The number of hydrogen-bond donors (Lipinski definition) is 2. The van der Waals surface area contributed by atoms with Crippen LogP contribution in [0.15, 0.2) is 36.7 Å². The van der Waals surface area contributed by atoms with Crippen molar-refractivity contribution in [2.45, 2.75) is 18.9 Å². The predicted octanol–water partition coefficient (Wildman–Crippen LogP) is 1.95. The Morgan fingerprint density at radius 3 is 2.68 bits per heavy atom. The Bertz CT molecular complexity index is 930. The second kappa shape index (κ2) is 6.04. The highest BCUT2D eigenvalue weighted by molar-refractivity contribution is 5.89. The first-order chi connectivity index (χ1) is 12.1. The monoisotopic (exact) mass is 338 g/mol. The van der Waals surface area contributed by atoms with Crippen LogP contribution in [0.5, 0.6) is 0 Å². The van der Waals surface area contributed by atoms with E-state index in [0.717, 1.165) is 36.8 Å². The van der Waals surface area contributed by atoms with E-state index in [1.165, 1.54) is 6.20 Å². The molecule has 8 nitrogen and oxygen atoms in total. The summed E-state index contributed by atoms with van der Waals surface area (Å²) in [6.07, 6.45) is 4.67. The SMILES string of the molecule is Nc1nc(N2CCC(n3cc(C(=O)O)cn3)CC2)nc2ccccc12. The number of aromatic carboxylic acids is 1. The van der Waals surface area contributed by atoms with Crippen molar-refractivity contribution in [3.05, 3.63) is 42.2 Å². The summed E-state index contributed by atoms with van der Waals surface area (Å²) < 4.78 is 1.75. The molecule has 0 saturated carbocycles. The fourth-order valence-corrected chi connectivity index (χ4v) is 3.21. The quantitative estimate of drug-likeness (QED) is 0.751. The average molecular weight is 338 g/mol. The van der Waals surface area contributed by atoms with Crippen molar-refractivity contribution in [3.8, 4) is 0 Å². The number of anilines is 2. The Morgan fingerprint density at radius 1 is 1.20 bits per heavy atom. The Balaban J connectivity index is 1.50. The number of hydrogen-bond acceptors (Lipinski definition) is 6. The number of benzene rings is 1. The lowest BCUT2D eigenvalue weighted by Gasteiger charge is -2.32. The minimum absolute atomic E-state index is 0.183. The molecule has 3 heterocycles. The van der Waals surface area contributed by atoms with E-state index in [2.05, 4.69) is 20.0 Å². The average Bonchev–Trinajstić information content (AvgIpc) is 3.12. The van der Waals surface area contributed by atoms with Gasteiger partial charge in [0.25, 0.3) is 0 Å². The topological polar surface area (TPSA) is 110 Å². The van der Waals surface area contributed by atoms with Gasteiger partial charge in [-0.15, -0.1) is 0 Å². The van der Waals surface area contributed by atoms with Crippen molar-refractivity contribution >= 4 is 28.6 Å². The third-order valence-corrected chi connectivity index (χ3v) is 4.59. The molecule has 3 aromatic rings. The maximum atomic E-state index is 11.0. The molecule has 0 amide bonds. The summed E-state index contributed by atoms with van der Waals surface area (Å²) in [4.78, 5) is 22.2. The third kappa shape index (κ3) is 2.86. The molecule has 2 aromatic heterocycles. The van der Waals surface area contributed by atoms with Gasteiger partial charge in [0.05, 0.1) is 23.3 Å². The molecule has 4 rings (SSSR count). The van der Waals surface area contributed by atoms with Gasteiger partial charge in [-0.1, -0.05) is 12.1 Å². The Hall–Kier alpha value is -3.16. The van der Waals surface area contributed by atoms with Crippen LogP contribution in [-0.2, 0) is 0 Å². The smallest absolute Gasteiger partial charge is 0.338 e. The lowest BCUT2D eigenvalue weighted by molar-refractivity contribution is 0.0696. The number of aromatic nitrogens is 4. The lowest BCUT2D eigenvalue weighted by atomic mass is 10.1. The third-order valence-electron chi connectivity index (χ3n) is 4.59. The zero-order chi connectivity index (χ0) is 17.4. The van der Waals surface area contributed by atoms with Gasteiger partial charge in [0.15, 0.2) is 0 Å². The van der Waals surface area contributed by atoms with Gasteiger partial charge in [-0.25, -0.2) is 9.78 Å². The number of nitrogen functional groups attached to an aromatic ring is 1. The van der Waals surface area contributed by atoms with Gasteiger partial charge in [0.2, 0.25) is 5.95 Å². The highest BCUT2D eigenvalue weighted by Crippen LogP contribution is 2.27. The van der Waals surface area contributed by atoms with Crippen molar-refractivity contribution in [1.29, 1.82) is 0 Å². The first-order valence-corrected chi connectivity index (χ1v) is 8.16. The fourth-order valence-electron chi connectivity index (χ4n) is 3.21. The van der Waals surface area contributed by atoms with Gasteiger partial charge in [-0.3, -0.25) is 4.68 Å². The van der Waals surface area contributed by atoms with E-state index in [0.29, 0.717) is 11.8 Å². The van der Waals surface area contributed by atoms with Crippen molar-refractivity contribution in [2.75, 3.05) is 23.7 Å². The van der Waals surface area contributed by atoms with Crippen LogP contribution in [-0.4, -0.2) is 43.9 Å². The molecule has 8 heteroatoms. The molecular formula is C17H18N6O2. The minimum Gasteiger partial charge on any atom is -0.478 e. The molecule has 0 atom stereocenters. The molecular weight excluding hydrogens is 320 g/mol. The number of carbonyl (C=O) groups is 1. The number of piperidine rings is 1. The van der Waals surface area contributed by atoms with Gasteiger partial charge in [-0.05, 0) is 25.0 Å². The molecule has 1 aliphatic rings. The lowest BCUT2D eigenvalue weighted by Crippen LogP contribution is -2.36. The molecule has 1 aliphatic heterocycles. The van der Waals surface area contributed by atoms with Crippen molar-refractivity contribution in [2.24, 2.45) is 0 Å². The second-order valence-corrected chi connectivity index (χ2v) is 6.16. The van der Waals surface area contributed by atoms with Crippen LogP contribution < -0.4 is 10.6 Å². The van der Waals surface area contributed by atoms with E-state index in [-0.39, 0.29) is 11.6 Å². The van der Waals surface area contributed by atoms with Crippen LogP contribution in [0.2, 0.25) is 0 Å². The maximum Gasteiger partial charge on any atom is 0.338 e. The molecule has 0 bridgehead atoms. The number of nitrogens with zero attached hydrogens (tertiary/aromatic N) is 5. The van der Waals surface area contributed by atoms with E-state index in [1.807, 2.05) is 24.3 Å². The summed E-state index contributed by atoms with van der Waals surface area (Å²) in [7, 11) is 0. The summed E-state index contributed by atoms with van der Waals surface area (Å²) in [5, 5.41) is 14.0. The summed E-state index contributed by atoms with van der Waals surface area (Å²) in [6.45, 7) is 1.54. The van der Waals surface area contributed by atoms with Crippen molar-refractivity contribution in [1.82, 2.24) is 19.7 Å². The number of rotatable bonds is 3. The molecule has 1 fully saturated rings. The first-order valence-electron chi connectivity index (χ1n) is 8.16. The molecule has 3 N–H and O–H groups in total. The van der Waals surface area contributed by atoms with Crippen LogP contribution >= 0.6 is 0 Å². The molecule has 1 saturated heterocycles. The summed E-state index contributed by atoms with van der Waals surface area (Å²) in [5.41, 5.74) is 7.12. The van der Waals surface area contributed by atoms with Crippen LogP contribution in [0, 0.1) is 0 Å². The highest BCUT2D eigenvalue weighted by Gasteiger charge is 2.24. The van der Waals surface area contributed by atoms with E-state index >= 15 is 0 Å². The normalized spacial score (nSPS) is 15.6. The standard InChI is InChI=1S/C17H18N6O2/c18-15-13-3-1-2-4-14(13)20-17(21-15)22-7-5-12(6-8-22)23-10-11(9-19-23)16(24)25/h1-4,9-10,12H,5-8H2,(H,24,25)(H2,18,20,21). The molecule has 25 heavy (non-hydrogen) atoms. The molecule has 0 unspecified atom stereocenters. The predicted molar refractivity (Wildman–Crippen MR) is 93.6 cm³/mol. The first kappa shape index (κ1) is 15.4. The number of nitrogens with two attached hydrogens (primary N) is 1. The summed E-state index contributed by atoms with van der Waals surface area (Å²) >= 11 is 0. The Kier molecular flexibility index (Phi) is 3.72. The van der Waals surface area contributed by atoms with Gasteiger partial charge >= 0.3 is 5.97 Å². The van der Waals surface area contributed by atoms with E-state index < -0.39 is 5.97 Å². The minimum atomic E-state index is -0.955. The summed E-state index contributed by atoms with van der Waals surface area (Å²) in [6, 6.07) is 7.88. The Labute approximate surface area is 143 Å². The van der Waals surface area contributed by atoms with E-state index in [1.54, 1.807) is 10.9 Å². The summed E-state index contributed by atoms with van der Waals surface area (Å²) in [5.74, 6) is 0.172. The van der Waals surface area contributed by atoms with Crippen LogP contribution in [0.25, 0.3) is 10.9 Å². The molecule has 1 aromatic carbocycles. The van der Waals surface area contributed by atoms with E-state index in [9.17, 15) is 4.79 Å². The second-order valence-electron chi connectivity index (χ2n) is 6.16.